The van der Waals surface area contributed by atoms with E-state index in [9.17, 15) is 13.2 Å². The number of nitrogens with zero attached hydrogens (tertiary/aromatic N) is 2. The highest BCUT2D eigenvalue weighted by atomic mass is 35.5. The van der Waals surface area contributed by atoms with Crippen LogP contribution in [0.3, 0.4) is 0 Å². The quantitative estimate of drug-likeness (QED) is 0.797. The molecule has 0 aromatic heterocycles. The molecule has 1 aromatic carbocycles. The summed E-state index contributed by atoms with van der Waals surface area (Å²) in [6.45, 7) is 3.46. The first-order valence-corrected chi connectivity index (χ1v) is 10.5. The summed E-state index contributed by atoms with van der Waals surface area (Å²) in [7, 11) is -3.49. The lowest BCUT2D eigenvalue weighted by molar-refractivity contribution is -0.130. The van der Waals surface area contributed by atoms with E-state index >= 15 is 0 Å². The summed E-state index contributed by atoms with van der Waals surface area (Å²) in [5.74, 6) is 0.0187. The van der Waals surface area contributed by atoms with Crippen molar-refractivity contribution in [1.29, 1.82) is 0 Å². The van der Waals surface area contributed by atoms with Crippen LogP contribution in [0.2, 0.25) is 5.02 Å². The van der Waals surface area contributed by atoms with E-state index in [2.05, 4.69) is 0 Å². The highest BCUT2D eigenvalue weighted by Crippen LogP contribution is 2.28. The normalized spacial score (nSPS) is 15.9. The Morgan fingerprint density at radius 1 is 1.21 bits per heavy atom. The van der Waals surface area contributed by atoms with Gasteiger partial charge in [0.15, 0.2) is 0 Å². The molecule has 0 N–H and O–H groups in total. The molecule has 0 atom stereocenters. The van der Waals surface area contributed by atoms with Crippen LogP contribution in [0.4, 0.5) is 5.69 Å². The van der Waals surface area contributed by atoms with E-state index < -0.39 is 10.0 Å². The third kappa shape index (κ3) is 4.86. The molecule has 5 nitrogen and oxygen atoms in total. The summed E-state index contributed by atoms with van der Waals surface area (Å²) in [5, 5.41) is 0.514. The largest absolute Gasteiger partial charge is 0.343 e. The zero-order valence-electron chi connectivity index (χ0n) is 14.3. The van der Waals surface area contributed by atoms with Crippen molar-refractivity contribution in [2.75, 3.05) is 30.2 Å². The van der Waals surface area contributed by atoms with Crippen LogP contribution in [-0.4, -0.2) is 45.1 Å². The maximum absolute atomic E-state index is 12.4. The number of halogens is 1. The maximum Gasteiger partial charge on any atom is 0.232 e. The summed E-state index contributed by atoms with van der Waals surface area (Å²) >= 11 is 6.11. The molecule has 1 aliphatic heterocycles. The van der Waals surface area contributed by atoms with Crippen molar-refractivity contribution < 1.29 is 13.2 Å². The summed E-state index contributed by atoms with van der Waals surface area (Å²) < 4.78 is 25.7. The van der Waals surface area contributed by atoms with E-state index in [0.717, 1.165) is 45.0 Å². The Bertz CT molecular complexity index is 683. The third-order valence-corrected chi connectivity index (χ3v) is 5.99. The SMILES string of the molecule is Cc1c(Cl)cccc1N(CCC(=O)N1CCCCCC1)S(C)(=O)=O. The van der Waals surface area contributed by atoms with E-state index in [0.29, 0.717) is 16.3 Å². The highest BCUT2D eigenvalue weighted by Gasteiger charge is 2.23. The monoisotopic (exact) mass is 372 g/mol. The lowest BCUT2D eigenvalue weighted by Gasteiger charge is -2.26. The molecule has 1 saturated heterocycles. The molecule has 0 unspecified atom stereocenters. The molecular formula is C17H25ClN2O3S. The average Bonchev–Trinajstić information content (AvgIpc) is 2.79. The van der Waals surface area contributed by atoms with Crippen LogP contribution in [-0.2, 0) is 14.8 Å². The Morgan fingerprint density at radius 2 is 1.83 bits per heavy atom. The number of hydrogen-bond acceptors (Lipinski definition) is 3. The third-order valence-electron chi connectivity index (χ3n) is 4.40. The smallest absolute Gasteiger partial charge is 0.232 e. The lowest BCUT2D eigenvalue weighted by atomic mass is 10.2. The van der Waals surface area contributed by atoms with Crippen LogP contribution in [0.1, 0.15) is 37.7 Å². The van der Waals surface area contributed by atoms with E-state index in [1.165, 1.54) is 4.31 Å². The average molecular weight is 373 g/mol. The fourth-order valence-electron chi connectivity index (χ4n) is 3.01. The van der Waals surface area contributed by atoms with Gasteiger partial charge >= 0.3 is 0 Å². The van der Waals surface area contributed by atoms with Gasteiger partial charge in [0.05, 0.1) is 11.9 Å². The van der Waals surface area contributed by atoms with Gasteiger partial charge in [-0.15, -0.1) is 0 Å². The van der Waals surface area contributed by atoms with Gasteiger partial charge in [-0.2, -0.15) is 0 Å². The minimum Gasteiger partial charge on any atom is -0.343 e. The molecule has 0 aliphatic carbocycles. The topological polar surface area (TPSA) is 57.7 Å². The van der Waals surface area contributed by atoms with Crippen LogP contribution in [0.15, 0.2) is 18.2 Å². The first kappa shape index (κ1) is 19.1. The van der Waals surface area contributed by atoms with Crippen molar-refractivity contribution >= 4 is 33.2 Å². The molecule has 1 amide bonds. The van der Waals surface area contributed by atoms with Crippen LogP contribution in [0.5, 0.6) is 0 Å². The Kier molecular flexibility index (Phi) is 6.52. The summed E-state index contributed by atoms with van der Waals surface area (Å²) in [5.41, 5.74) is 1.24. The van der Waals surface area contributed by atoms with Gasteiger partial charge in [0.25, 0.3) is 0 Å². The number of rotatable bonds is 5. The number of amides is 1. The van der Waals surface area contributed by atoms with Crippen molar-refractivity contribution in [3.05, 3.63) is 28.8 Å². The van der Waals surface area contributed by atoms with Gasteiger partial charge < -0.3 is 4.90 Å². The van der Waals surface area contributed by atoms with Gasteiger partial charge in [-0.25, -0.2) is 8.42 Å². The minimum absolute atomic E-state index is 0.0187. The molecule has 1 aliphatic rings. The maximum atomic E-state index is 12.4. The lowest BCUT2D eigenvalue weighted by Crippen LogP contribution is -2.37. The number of anilines is 1. The zero-order chi connectivity index (χ0) is 17.7. The summed E-state index contributed by atoms with van der Waals surface area (Å²) in [4.78, 5) is 14.3. The predicted molar refractivity (Wildman–Crippen MR) is 98.0 cm³/mol. The zero-order valence-corrected chi connectivity index (χ0v) is 15.9. The van der Waals surface area contributed by atoms with Gasteiger partial charge in [-0.1, -0.05) is 30.5 Å². The van der Waals surface area contributed by atoms with Crippen molar-refractivity contribution in [3.63, 3.8) is 0 Å². The van der Waals surface area contributed by atoms with Crippen molar-refractivity contribution in [2.24, 2.45) is 0 Å². The number of benzene rings is 1. The van der Waals surface area contributed by atoms with Crippen LogP contribution in [0.25, 0.3) is 0 Å². The van der Waals surface area contributed by atoms with Gasteiger partial charge in [-0.05, 0) is 37.5 Å². The molecule has 7 heteroatoms. The van der Waals surface area contributed by atoms with Crippen molar-refractivity contribution in [1.82, 2.24) is 4.90 Å². The van der Waals surface area contributed by atoms with E-state index in [-0.39, 0.29) is 18.9 Å². The number of carbonyl (C=O) groups excluding carboxylic acids is 1. The van der Waals surface area contributed by atoms with Gasteiger partial charge in [0.2, 0.25) is 15.9 Å². The molecule has 2 rings (SSSR count). The Hall–Kier alpha value is -1.27. The fraction of sp³-hybridized carbons (Fsp3) is 0.588. The van der Waals surface area contributed by atoms with Gasteiger partial charge in [0, 0.05) is 31.1 Å². The standard InChI is InChI=1S/C17H25ClN2O3S/c1-14-15(18)8-7-9-16(14)20(24(2,22)23)13-10-17(21)19-11-5-3-4-6-12-19/h7-9H,3-6,10-13H2,1-2H3. The molecule has 0 saturated carbocycles. The predicted octanol–water partition coefficient (Wildman–Crippen LogP) is 3.21. The molecule has 1 aromatic rings. The molecule has 0 bridgehead atoms. The molecule has 1 heterocycles. The minimum atomic E-state index is -3.49. The molecular weight excluding hydrogens is 348 g/mol. The number of hydrogen-bond donors (Lipinski definition) is 0. The van der Waals surface area contributed by atoms with Crippen LogP contribution < -0.4 is 4.31 Å². The van der Waals surface area contributed by atoms with Crippen LogP contribution in [0, 0.1) is 6.92 Å². The summed E-state index contributed by atoms with van der Waals surface area (Å²) in [6.07, 6.45) is 5.69. The Morgan fingerprint density at radius 3 is 2.42 bits per heavy atom. The first-order valence-electron chi connectivity index (χ1n) is 8.31. The summed E-state index contributed by atoms with van der Waals surface area (Å²) in [6, 6.07) is 5.17. The van der Waals surface area contributed by atoms with E-state index in [4.69, 9.17) is 11.6 Å². The molecule has 24 heavy (non-hydrogen) atoms. The Balaban J connectivity index is 2.13. The van der Waals surface area contributed by atoms with Crippen LogP contribution >= 0.6 is 11.6 Å². The van der Waals surface area contributed by atoms with Crippen molar-refractivity contribution in [3.8, 4) is 0 Å². The van der Waals surface area contributed by atoms with Gasteiger partial charge in [-0.3, -0.25) is 9.10 Å². The molecule has 1 fully saturated rings. The Labute approximate surface area is 149 Å². The second kappa shape index (κ2) is 8.21. The molecule has 134 valence electrons. The highest BCUT2D eigenvalue weighted by molar-refractivity contribution is 7.92. The fourth-order valence-corrected chi connectivity index (χ4v) is 4.15. The van der Waals surface area contributed by atoms with Crippen molar-refractivity contribution in [2.45, 2.75) is 39.0 Å². The second-order valence-electron chi connectivity index (χ2n) is 6.26. The second-order valence-corrected chi connectivity index (χ2v) is 8.58. The number of likely N-dealkylation sites (tertiary alicyclic amines) is 1. The van der Waals surface area contributed by atoms with E-state index in [1.54, 1.807) is 25.1 Å². The van der Waals surface area contributed by atoms with E-state index in [1.807, 2.05) is 4.90 Å². The first-order chi connectivity index (χ1) is 11.3. The molecule has 0 radical (unpaired) electrons. The number of sulfonamides is 1. The molecule has 0 spiro atoms. The van der Waals surface area contributed by atoms with Gasteiger partial charge in [0.1, 0.15) is 0 Å². The number of carbonyl (C=O) groups is 1.